The number of benzene rings is 1. The molecular weight excluding hydrogens is 270 g/mol. The van der Waals surface area contributed by atoms with Crippen LogP contribution in [0.5, 0.6) is 5.75 Å². The number of aryl methyl sites for hydroxylation is 1. The second-order valence-corrected chi connectivity index (χ2v) is 4.31. The molecule has 0 aliphatic rings. The largest absolute Gasteiger partial charge is 0.508 e. The molecule has 0 saturated heterocycles. The molecule has 1 amide bonds. The number of nitrogens with one attached hydrogen (secondary N) is 1. The summed E-state index contributed by atoms with van der Waals surface area (Å²) in [6.07, 6.45) is 3.01. The molecule has 6 nitrogen and oxygen atoms in total. The summed E-state index contributed by atoms with van der Waals surface area (Å²) in [7, 11) is 0. The number of hydrogen-bond donors (Lipinski definition) is 2. The fourth-order valence-corrected chi connectivity index (χ4v) is 1.79. The van der Waals surface area contributed by atoms with Crippen molar-refractivity contribution in [1.29, 1.82) is 0 Å². The fraction of sp³-hybridized carbons (Fsp3) is 0.133. The Morgan fingerprint density at radius 1 is 1.38 bits per heavy atom. The van der Waals surface area contributed by atoms with Crippen molar-refractivity contribution in [3.8, 4) is 5.75 Å². The van der Waals surface area contributed by atoms with Crippen LogP contribution < -0.4 is 11.0 Å². The van der Waals surface area contributed by atoms with E-state index in [1.165, 1.54) is 29.0 Å². The van der Waals surface area contributed by atoms with E-state index in [1.54, 1.807) is 24.4 Å². The number of hydrogen-bond acceptors (Lipinski definition) is 4. The highest BCUT2D eigenvalue weighted by atomic mass is 16.3. The summed E-state index contributed by atoms with van der Waals surface area (Å²) in [4.78, 5) is 23.8. The lowest BCUT2D eigenvalue weighted by Gasteiger charge is -2.04. The predicted octanol–water partition coefficient (Wildman–Crippen LogP) is 1.34. The van der Waals surface area contributed by atoms with Gasteiger partial charge in [-0.2, -0.15) is 5.10 Å². The molecule has 0 aliphatic heterocycles. The number of rotatable bonds is 4. The molecule has 0 atom stereocenters. The van der Waals surface area contributed by atoms with Crippen LogP contribution in [0.3, 0.4) is 0 Å². The van der Waals surface area contributed by atoms with Gasteiger partial charge in [0.15, 0.2) is 0 Å². The Labute approximate surface area is 121 Å². The van der Waals surface area contributed by atoms with Crippen molar-refractivity contribution in [2.24, 2.45) is 5.10 Å². The van der Waals surface area contributed by atoms with Crippen molar-refractivity contribution in [2.75, 3.05) is 0 Å². The van der Waals surface area contributed by atoms with Crippen molar-refractivity contribution >= 4 is 12.1 Å². The Morgan fingerprint density at radius 2 is 2.19 bits per heavy atom. The molecule has 0 fully saturated rings. The van der Waals surface area contributed by atoms with Gasteiger partial charge < -0.3 is 9.67 Å². The molecule has 108 valence electrons. The van der Waals surface area contributed by atoms with Gasteiger partial charge in [0.2, 0.25) is 0 Å². The van der Waals surface area contributed by atoms with Crippen LogP contribution in [-0.2, 0) is 6.54 Å². The van der Waals surface area contributed by atoms with Crippen molar-refractivity contribution in [2.45, 2.75) is 13.5 Å². The average Bonchev–Trinajstić information content (AvgIpc) is 2.47. The molecule has 2 rings (SSSR count). The third kappa shape index (κ3) is 3.56. The Balaban J connectivity index is 2.11. The van der Waals surface area contributed by atoms with E-state index in [0.29, 0.717) is 12.1 Å². The molecule has 2 N–H and O–H groups in total. The normalized spacial score (nSPS) is 10.7. The van der Waals surface area contributed by atoms with Crippen molar-refractivity contribution in [1.82, 2.24) is 9.99 Å². The molecule has 1 aromatic heterocycles. The number of aromatic hydroxyl groups is 1. The van der Waals surface area contributed by atoms with Crippen LogP contribution in [0.2, 0.25) is 0 Å². The van der Waals surface area contributed by atoms with E-state index in [9.17, 15) is 14.7 Å². The Morgan fingerprint density at radius 3 is 2.90 bits per heavy atom. The second kappa shape index (κ2) is 6.51. The minimum atomic E-state index is -0.570. The number of carbonyl (C=O) groups excluding carboxylic acids is 1. The molecule has 0 radical (unpaired) electrons. The van der Waals surface area contributed by atoms with Crippen LogP contribution in [-0.4, -0.2) is 21.8 Å². The van der Waals surface area contributed by atoms with Crippen molar-refractivity contribution < 1.29 is 9.90 Å². The summed E-state index contributed by atoms with van der Waals surface area (Å²) in [5.41, 5.74) is 2.61. The third-order valence-corrected chi connectivity index (χ3v) is 2.86. The van der Waals surface area contributed by atoms with E-state index in [4.69, 9.17) is 0 Å². The smallest absolute Gasteiger partial charge is 0.276 e. The number of nitrogens with zero attached hydrogens (tertiary/aromatic N) is 2. The van der Waals surface area contributed by atoms with E-state index in [-0.39, 0.29) is 16.9 Å². The van der Waals surface area contributed by atoms with Crippen LogP contribution in [0.15, 0.2) is 52.5 Å². The zero-order valence-electron chi connectivity index (χ0n) is 11.5. The van der Waals surface area contributed by atoms with Crippen LogP contribution >= 0.6 is 0 Å². The van der Waals surface area contributed by atoms with Gasteiger partial charge in [0, 0.05) is 12.7 Å². The molecule has 0 unspecified atom stereocenters. The summed E-state index contributed by atoms with van der Waals surface area (Å²) in [5, 5.41) is 13.1. The SMILES string of the molecule is CCn1cccc(C(=O)N/N=C\c2cccc(O)c2)c1=O. The van der Waals surface area contributed by atoms with E-state index in [0.717, 1.165) is 0 Å². The maximum absolute atomic E-state index is 11.9. The molecule has 1 aromatic carbocycles. The van der Waals surface area contributed by atoms with E-state index in [2.05, 4.69) is 10.5 Å². The Kier molecular flexibility index (Phi) is 4.50. The molecule has 0 saturated carbocycles. The molecule has 0 aliphatic carbocycles. The number of pyridine rings is 1. The minimum absolute atomic E-state index is 0.0346. The first kappa shape index (κ1) is 14.5. The first-order chi connectivity index (χ1) is 10.1. The number of phenols is 1. The molecule has 0 spiro atoms. The highest BCUT2D eigenvalue weighted by Gasteiger charge is 2.10. The topological polar surface area (TPSA) is 83.7 Å². The quantitative estimate of drug-likeness (QED) is 0.656. The second-order valence-electron chi connectivity index (χ2n) is 4.31. The van der Waals surface area contributed by atoms with Gasteiger partial charge in [0.05, 0.1) is 6.21 Å². The maximum Gasteiger partial charge on any atom is 0.276 e. The summed E-state index contributed by atoms with van der Waals surface area (Å²) in [5.74, 6) is -0.460. The molecule has 2 aromatic rings. The molecule has 1 heterocycles. The maximum atomic E-state index is 11.9. The van der Waals surface area contributed by atoms with E-state index >= 15 is 0 Å². The van der Waals surface area contributed by atoms with Gasteiger partial charge in [-0.15, -0.1) is 0 Å². The number of carbonyl (C=O) groups is 1. The van der Waals surface area contributed by atoms with Crippen molar-refractivity contribution in [3.05, 3.63) is 64.1 Å². The monoisotopic (exact) mass is 285 g/mol. The number of phenolic OH excluding ortho intramolecular Hbond substituents is 1. The highest BCUT2D eigenvalue weighted by Crippen LogP contribution is 2.08. The number of amides is 1. The first-order valence-corrected chi connectivity index (χ1v) is 6.43. The van der Waals surface area contributed by atoms with Gasteiger partial charge in [0.25, 0.3) is 11.5 Å². The molecule has 0 bridgehead atoms. The van der Waals surface area contributed by atoms with Crippen LogP contribution in [0, 0.1) is 0 Å². The zero-order valence-corrected chi connectivity index (χ0v) is 11.5. The van der Waals surface area contributed by atoms with Gasteiger partial charge in [-0.05, 0) is 36.8 Å². The predicted molar refractivity (Wildman–Crippen MR) is 79.5 cm³/mol. The minimum Gasteiger partial charge on any atom is -0.508 e. The summed E-state index contributed by atoms with van der Waals surface area (Å²) in [6.45, 7) is 2.32. The van der Waals surface area contributed by atoms with E-state index < -0.39 is 5.91 Å². The number of aromatic nitrogens is 1. The summed E-state index contributed by atoms with van der Waals surface area (Å²) in [6, 6.07) is 9.51. The lowest BCUT2D eigenvalue weighted by molar-refractivity contribution is 0.0953. The average molecular weight is 285 g/mol. The third-order valence-electron chi connectivity index (χ3n) is 2.86. The zero-order chi connectivity index (χ0) is 15.2. The van der Waals surface area contributed by atoms with Gasteiger partial charge >= 0.3 is 0 Å². The Bertz CT molecular complexity index is 735. The number of hydrazone groups is 1. The summed E-state index contributed by atoms with van der Waals surface area (Å²) < 4.78 is 1.44. The molecule has 21 heavy (non-hydrogen) atoms. The first-order valence-electron chi connectivity index (χ1n) is 6.43. The van der Waals surface area contributed by atoms with Crippen LogP contribution in [0.25, 0.3) is 0 Å². The Hall–Kier alpha value is -2.89. The van der Waals surface area contributed by atoms with Crippen LogP contribution in [0.1, 0.15) is 22.8 Å². The van der Waals surface area contributed by atoms with Gasteiger partial charge in [-0.25, -0.2) is 5.43 Å². The molecular formula is C15H15N3O3. The summed E-state index contributed by atoms with van der Waals surface area (Å²) >= 11 is 0. The van der Waals surface area contributed by atoms with E-state index in [1.807, 2.05) is 6.92 Å². The fourth-order valence-electron chi connectivity index (χ4n) is 1.79. The van der Waals surface area contributed by atoms with Gasteiger partial charge in [-0.3, -0.25) is 9.59 Å². The van der Waals surface area contributed by atoms with Gasteiger partial charge in [0.1, 0.15) is 11.3 Å². The lowest BCUT2D eigenvalue weighted by Crippen LogP contribution is -2.30. The molecule has 6 heteroatoms. The van der Waals surface area contributed by atoms with Gasteiger partial charge in [-0.1, -0.05) is 12.1 Å². The standard InChI is InChI=1S/C15H15N3O3/c1-2-18-8-4-7-13(15(18)21)14(20)17-16-10-11-5-3-6-12(19)9-11/h3-10,19H,2H2,1H3,(H,17,20)/b16-10-. The van der Waals surface area contributed by atoms with Crippen LogP contribution in [0.4, 0.5) is 0 Å². The highest BCUT2D eigenvalue weighted by molar-refractivity contribution is 5.94. The lowest BCUT2D eigenvalue weighted by atomic mass is 10.2. The van der Waals surface area contributed by atoms with Crippen molar-refractivity contribution in [3.63, 3.8) is 0 Å².